The smallest absolute Gasteiger partial charge is 0.407 e. The predicted octanol–water partition coefficient (Wildman–Crippen LogP) is 0.813. The lowest BCUT2D eigenvalue weighted by Crippen LogP contribution is -2.38. The van der Waals surface area contributed by atoms with Crippen molar-refractivity contribution in [3.05, 3.63) is 35.9 Å². The summed E-state index contributed by atoms with van der Waals surface area (Å²) in [5.74, 6) is 0. The van der Waals surface area contributed by atoms with Crippen LogP contribution in [0.5, 0.6) is 0 Å². The van der Waals surface area contributed by atoms with Gasteiger partial charge in [0.25, 0.3) is 0 Å². The fourth-order valence-electron chi connectivity index (χ4n) is 2.36. The van der Waals surface area contributed by atoms with E-state index in [4.69, 9.17) is 9.47 Å². The third-order valence-electron chi connectivity index (χ3n) is 3.35. The summed E-state index contributed by atoms with van der Waals surface area (Å²) < 4.78 is 10.3. The molecule has 0 bridgehead atoms. The lowest BCUT2D eigenvalue weighted by molar-refractivity contribution is 0.0987. The zero-order chi connectivity index (χ0) is 12.5. The van der Waals surface area contributed by atoms with Crippen LogP contribution in [-0.2, 0) is 16.1 Å². The molecule has 2 aliphatic rings. The summed E-state index contributed by atoms with van der Waals surface area (Å²) in [6.45, 7) is 0.247. The molecule has 2 N–H and O–H groups in total. The molecule has 1 aromatic carbocycles. The van der Waals surface area contributed by atoms with Crippen LogP contribution in [0.2, 0.25) is 0 Å². The number of benzene rings is 1. The Kier molecular flexibility index (Phi) is 2.93. The number of epoxide rings is 1. The van der Waals surface area contributed by atoms with Gasteiger partial charge in [0, 0.05) is 0 Å². The van der Waals surface area contributed by atoms with E-state index in [2.05, 4.69) is 5.32 Å². The van der Waals surface area contributed by atoms with E-state index in [1.54, 1.807) is 0 Å². The zero-order valence-corrected chi connectivity index (χ0v) is 9.78. The number of nitrogens with one attached hydrogen (secondary N) is 1. The molecule has 1 aliphatic heterocycles. The van der Waals surface area contributed by atoms with Gasteiger partial charge < -0.3 is 19.9 Å². The fourth-order valence-corrected chi connectivity index (χ4v) is 2.36. The maximum Gasteiger partial charge on any atom is 0.407 e. The van der Waals surface area contributed by atoms with Crippen molar-refractivity contribution < 1.29 is 19.4 Å². The van der Waals surface area contributed by atoms with E-state index in [0.717, 1.165) is 5.56 Å². The van der Waals surface area contributed by atoms with Crippen LogP contribution in [0.25, 0.3) is 0 Å². The normalized spacial score (nSPS) is 32.7. The Balaban J connectivity index is 1.45. The lowest BCUT2D eigenvalue weighted by Gasteiger charge is -2.14. The second-order valence-corrected chi connectivity index (χ2v) is 4.68. The molecular weight excluding hydrogens is 234 g/mol. The maximum absolute atomic E-state index is 11.6. The molecule has 5 heteroatoms. The van der Waals surface area contributed by atoms with Crippen molar-refractivity contribution in [2.75, 3.05) is 0 Å². The van der Waals surface area contributed by atoms with Gasteiger partial charge >= 0.3 is 6.09 Å². The van der Waals surface area contributed by atoms with Gasteiger partial charge in [-0.1, -0.05) is 30.3 Å². The number of rotatable bonds is 3. The summed E-state index contributed by atoms with van der Waals surface area (Å²) in [7, 11) is 0. The first-order valence-corrected chi connectivity index (χ1v) is 6.05. The molecule has 1 heterocycles. The number of amides is 1. The van der Waals surface area contributed by atoms with Gasteiger partial charge in [-0.05, 0) is 12.0 Å². The van der Waals surface area contributed by atoms with E-state index in [1.807, 2.05) is 30.3 Å². The molecule has 0 spiro atoms. The molecule has 1 saturated heterocycles. The molecule has 2 fully saturated rings. The number of aliphatic hydroxyl groups excluding tert-OH is 1. The molecule has 3 rings (SSSR count). The summed E-state index contributed by atoms with van der Waals surface area (Å²) in [5, 5.41) is 12.2. The van der Waals surface area contributed by atoms with Gasteiger partial charge in [0.1, 0.15) is 18.8 Å². The van der Waals surface area contributed by atoms with Crippen molar-refractivity contribution in [1.29, 1.82) is 0 Å². The van der Waals surface area contributed by atoms with Crippen LogP contribution >= 0.6 is 0 Å². The molecule has 1 amide bonds. The number of ether oxygens (including phenoxy) is 2. The fraction of sp³-hybridized carbons (Fsp3) is 0.462. The quantitative estimate of drug-likeness (QED) is 0.778. The van der Waals surface area contributed by atoms with Crippen LogP contribution in [0, 0.1) is 0 Å². The van der Waals surface area contributed by atoms with Crippen LogP contribution < -0.4 is 5.32 Å². The standard InChI is InChI=1S/C13H15NO4/c15-10-6-9(11-12(10)18-11)14-13(16)17-7-8-4-2-1-3-5-8/h1-5,9-12,15H,6-7H2,(H,14,16)/t9?,10?,11-,12+/m1/s1. The molecule has 0 aromatic heterocycles. The van der Waals surface area contributed by atoms with Gasteiger partial charge in [-0.3, -0.25) is 0 Å². The molecule has 2 unspecified atom stereocenters. The topological polar surface area (TPSA) is 71.1 Å². The predicted molar refractivity (Wildman–Crippen MR) is 62.8 cm³/mol. The van der Waals surface area contributed by atoms with Crippen molar-refractivity contribution in [3.63, 3.8) is 0 Å². The Morgan fingerprint density at radius 3 is 2.78 bits per heavy atom. The Morgan fingerprint density at radius 1 is 1.39 bits per heavy atom. The first-order chi connectivity index (χ1) is 8.74. The van der Waals surface area contributed by atoms with Gasteiger partial charge in [-0.25, -0.2) is 4.79 Å². The van der Waals surface area contributed by atoms with Crippen LogP contribution in [0.1, 0.15) is 12.0 Å². The maximum atomic E-state index is 11.6. The van der Waals surface area contributed by atoms with E-state index < -0.39 is 12.2 Å². The first-order valence-electron chi connectivity index (χ1n) is 6.05. The van der Waals surface area contributed by atoms with E-state index in [1.165, 1.54) is 0 Å². The number of carbonyl (C=O) groups is 1. The number of aliphatic hydroxyl groups is 1. The highest BCUT2D eigenvalue weighted by molar-refractivity contribution is 5.68. The summed E-state index contributed by atoms with van der Waals surface area (Å²) >= 11 is 0. The van der Waals surface area contributed by atoms with Gasteiger partial charge in [0.15, 0.2) is 0 Å². The SMILES string of the molecule is O=C(NC1CC(O)[C@@H]2O[C@H]12)OCc1ccccc1. The molecule has 5 nitrogen and oxygen atoms in total. The minimum Gasteiger partial charge on any atom is -0.445 e. The molecular formula is C13H15NO4. The van der Waals surface area contributed by atoms with Gasteiger partial charge in [-0.2, -0.15) is 0 Å². The Morgan fingerprint density at radius 2 is 2.17 bits per heavy atom. The summed E-state index contributed by atoms with van der Waals surface area (Å²) in [6.07, 6.45) is -0.522. The van der Waals surface area contributed by atoms with E-state index in [0.29, 0.717) is 6.42 Å². The number of hydrogen-bond acceptors (Lipinski definition) is 4. The molecule has 1 aromatic rings. The van der Waals surface area contributed by atoms with Gasteiger partial charge in [0.2, 0.25) is 0 Å². The number of alkyl carbamates (subject to hydrolysis) is 1. The van der Waals surface area contributed by atoms with Crippen LogP contribution in [0.3, 0.4) is 0 Å². The van der Waals surface area contributed by atoms with Crippen LogP contribution in [0.4, 0.5) is 4.79 Å². The van der Waals surface area contributed by atoms with E-state index in [-0.39, 0.29) is 24.9 Å². The molecule has 18 heavy (non-hydrogen) atoms. The number of fused-ring (bicyclic) bond motifs is 1. The van der Waals surface area contributed by atoms with Crippen LogP contribution in [0.15, 0.2) is 30.3 Å². The second-order valence-electron chi connectivity index (χ2n) is 4.68. The van der Waals surface area contributed by atoms with E-state index in [9.17, 15) is 9.90 Å². The lowest BCUT2D eigenvalue weighted by atomic mass is 10.2. The Bertz CT molecular complexity index is 436. The van der Waals surface area contributed by atoms with Crippen LogP contribution in [-0.4, -0.2) is 35.6 Å². The molecule has 1 saturated carbocycles. The number of hydrogen-bond donors (Lipinski definition) is 2. The second kappa shape index (κ2) is 4.59. The average molecular weight is 249 g/mol. The zero-order valence-electron chi connectivity index (χ0n) is 9.78. The Labute approximate surface area is 105 Å². The minimum atomic E-state index is -0.466. The van der Waals surface area contributed by atoms with Gasteiger partial charge in [0.05, 0.1) is 12.1 Å². The number of carbonyl (C=O) groups excluding carboxylic acids is 1. The molecule has 96 valence electrons. The average Bonchev–Trinajstić information content (AvgIpc) is 3.12. The summed E-state index contributed by atoms with van der Waals surface area (Å²) in [5.41, 5.74) is 0.944. The summed E-state index contributed by atoms with van der Waals surface area (Å²) in [4.78, 5) is 11.6. The third kappa shape index (κ3) is 2.32. The van der Waals surface area contributed by atoms with Crippen molar-refractivity contribution in [2.24, 2.45) is 0 Å². The van der Waals surface area contributed by atoms with Gasteiger partial charge in [-0.15, -0.1) is 0 Å². The van der Waals surface area contributed by atoms with Crippen molar-refractivity contribution in [1.82, 2.24) is 5.32 Å². The highest BCUT2D eigenvalue weighted by Crippen LogP contribution is 2.38. The first kappa shape index (κ1) is 11.5. The van der Waals surface area contributed by atoms with E-state index >= 15 is 0 Å². The third-order valence-corrected chi connectivity index (χ3v) is 3.35. The minimum absolute atomic E-state index is 0.0377. The molecule has 4 atom stereocenters. The van der Waals surface area contributed by atoms with Crippen molar-refractivity contribution >= 4 is 6.09 Å². The highest BCUT2D eigenvalue weighted by Gasteiger charge is 2.56. The van der Waals surface area contributed by atoms with Crippen molar-refractivity contribution in [2.45, 2.75) is 37.4 Å². The Hall–Kier alpha value is -1.59. The van der Waals surface area contributed by atoms with Crippen molar-refractivity contribution in [3.8, 4) is 0 Å². The molecule has 0 radical (unpaired) electrons. The summed E-state index contributed by atoms with van der Waals surface area (Å²) in [6, 6.07) is 9.36. The highest BCUT2D eigenvalue weighted by atomic mass is 16.6. The molecule has 1 aliphatic carbocycles. The monoisotopic (exact) mass is 249 g/mol. The largest absolute Gasteiger partial charge is 0.445 e.